The van der Waals surface area contributed by atoms with E-state index in [9.17, 15) is 4.79 Å². The number of hydrogen-bond acceptors (Lipinski definition) is 4. The number of rotatable bonds is 2. The summed E-state index contributed by atoms with van der Waals surface area (Å²) in [6.45, 7) is 0. The smallest absolute Gasteiger partial charge is 0.321 e. The highest BCUT2D eigenvalue weighted by molar-refractivity contribution is 7.81. The van der Waals surface area contributed by atoms with Gasteiger partial charge in [-0.15, -0.1) is 0 Å². The standard InChI is InChI=1S/C8H9NO2S/c9-6-3-1-2-4-7(6)11-8(10)5-12/h1-4,12H,5,9H2. The molecule has 0 atom stereocenters. The summed E-state index contributed by atoms with van der Waals surface area (Å²) in [7, 11) is 0. The molecular weight excluding hydrogens is 174 g/mol. The minimum Gasteiger partial charge on any atom is -0.424 e. The summed E-state index contributed by atoms with van der Waals surface area (Å²) in [6.07, 6.45) is 0. The van der Waals surface area contributed by atoms with Crippen LogP contribution in [0.1, 0.15) is 0 Å². The van der Waals surface area contributed by atoms with Gasteiger partial charge in [0.05, 0.1) is 11.4 Å². The maximum Gasteiger partial charge on any atom is 0.321 e. The largest absolute Gasteiger partial charge is 0.424 e. The molecule has 0 spiro atoms. The van der Waals surface area contributed by atoms with E-state index in [0.717, 1.165) is 0 Å². The second kappa shape index (κ2) is 4.01. The van der Waals surface area contributed by atoms with Crippen molar-refractivity contribution in [2.24, 2.45) is 0 Å². The summed E-state index contributed by atoms with van der Waals surface area (Å²) < 4.78 is 4.85. The van der Waals surface area contributed by atoms with Gasteiger partial charge in [-0.2, -0.15) is 12.6 Å². The highest BCUT2D eigenvalue weighted by atomic mass is 32.1. The number of esters is 1. The van der Waals surface area contributed by atoms with Gasteiger partial charge in [0.25, 0.3) is 0 Å². The second-order valence-electron chi connectivity index (χ2n) is 2.17. The maximum absolute atomic E-state index is 10.8. The van der Waals surface area contributed by atoms with Crippen molar-refractivity contribution in [2.75, 3.05) is 11.5 Å². The Balaban J connectivity index is 2.75. The molecule has 1 aromatic rings. The molecule has 0 aromatic heterocycles. The topological polar surface area (TPSA) is 52.3 Å². The number of carbonyl (C=O) groups excluding carboxylic acids is 1. The average molecular weight is 183 g/mol. The van der Waals surface area contributed by atoms with E-state index in [2.05, 4.69) is 12.6 Å². The molecule has 2 N–H and O–H groups in total. The molecule has 0 amide bonds. The van der Waals surface area contributed by atoms with Gasteiger partial charge in [-0.25, -0.2) is 0 Å². The molecule has 0 aliphatic heterocycles. The van der Waals surface area contributed by atoms with E-state index in [4.69, 9.17) is 10.5 Å². The normalized spacial score (nSPS) is 9.42. The van der Waals surface area contributed by atoms with Crippen molar-refractivity contribution in [3.05, 3.63) is 24.3 Å². The first-order valence-corrected chi connectivity index (χ1v) is 4.03. The molecule has 1 rings (SSSR count). The lowest BCUT2D eigenvalue weighted by atomic mass is 10.3. The Hall–Kier alpha value is -1.16. The van der Waals surface area contributed by atoms with Crippen LogP contribution in [0.25, 0.3) is 0 Å². The zero-order valence-electron chi connectivity index (χ0n) is 6.36. The fraction of sp³-hybridized carbons (Fsp3) is 0.125. The Morgan fingerprint density at radius 3 is 2.75 bits per heavy atom. The molecule has 64 valence electrons. The number of thiol groups is 1. The molecule has 0 bridgehead atoms. The monoisotopic (exact) mass is 183 g/mol. The van der Waals surface area contributed by atoms with E-state index < -0.39 is 5.97 Å². The van der Waals surface area contributed by atoms with Crippen LogP contribution in [0.15, 0.2) is 24.3 Å². The van der Waals surface area contributed by atoms with Crippen molar-refractivity contribution >= 4 is 24.3 Å². The first-order chi connectivity index (χ1) is 5.74. The number of nitrogens with two attached hydrogens (primary N) is 1. The predicted octanol–water partition coefficient (Wildman–Crippen LogP) is 1.10. The lowest BCUT2D eigenvalue weighted by molar-refractivity contribution is -0.131. The van der Waals surface area contributed by atoms with Crippen molar-refractivity contribution in [1.82, 2.24) is 0 Å². The number of anilines is 1. The minimum atomic E-state index is -0.406. The Morgan fingerprint density at radius 1 is 1.50 bits per heavy atom. The summed E-state index contributed by atoms with van der Waals surface area (Å²) in [5.74, 6) is 0.0294. The van der Waals surface area contributed by atoms with Crippen molar-refractivity contribution in [1.29, 1.82) is 0 Å². The van der Waals surface area contributed by atoms with Gasteiger partial charge in [-0.1, -0.05) is 12.1 Å². The number of ether oxygens (including phenoxy) is 1. The highest BCUT2D eigenvalue weighted by Gasteiger charge is 2.03. The van der Waals surface area contributed by atoms with Gasteiger partial charge in [-0.05, 0) is 12.1 Å². The molecule has 0 aliphatic carbocycles. The molecule has 3 nitrogen and oxygen atoms in total. The molecule has 0 unspecified atom stereocenters. The van der Waals surface area contributed by atoms with E-state index in [1.807, 2.05) is 0 Å². The fourth-order valence-corrected chi connectivity index (χ4v) is 0.793. The first-order valence-electron chi connectivity index (χ1n) is 3.40. The van der Waals surface area contributed by atoms with Crippen molar-refractivity contribution < 1.29 is 9.53 Å². The third kappa shape index (κ3) is 2.17. The van der Waals surface area contributed by atoms with Crippen molar-refractivity contribution in [3.63, 3.8) is 0 Å². The Kier molecular flexibility index (Phi) is 2.99. The lowest BCUT2D eigenvalue weighted by Crippen LogP contribution is -2.10. The van der Waals surface area contributed by atoms with Crippen LogP contribution in [-0.4, -0.2) is 11.7 Å². The lowest BCUT2D eigenvalue weighted by Gasteiger charge is -2.03. The van der Waals surface area contributed by atoms with Gasteiger partial charge in [0.2, 0.25) is 0 Å². The summed E-state index contributed by atoms with van der Waals surface area (Å²) in [5, 5.41) is 0. The molecule has 0 saturated carbocycles. The highest BCUT2D eigenvalue weighted by Crippen LogP contribution is 2.19. The number of carbonyl (C=O) groups is 1. The van der Waals surface area contributed by atoms with Crippen molar-refractivity contribution in [3.8, 4) is 5.75 Å². The molecule has 12 heavy (non-hydrogen) atoms. The van der Waals surface area contributed by atoms with Crippen LogP contribution in [0.3, 0.4) is 0 Å². The fourth-order valence-electron chi connectivity index (χ4n) is 0.728. The van der Waals surface area contributed by atoms with Crippen molar-refractivity contribution in [2.45, 2.75) is 0 Å². The Bertz CT molecular complexity index is 288. The third-order valence-electron chi connectivity index (χ3n) is 1.27. The summed E-state index contributed by atoms with van der Waals surface area (Å²) >= 11 is 3.76. The predicted molar refractivity (Wildman–Crippen MR) is 50.3 cm³/mol. The van der Waals surface area contributed by atoms with E-state index >= 15 is 0 Å². The van der Waals surface area contributed by atoms with Gasteiger partial charge < -0.3 is 10.5 Å². The van der Waals surface area contributed by atoms with Crippen LogP contribution in [-0.2, 0) is 4.79 Å². The van der Waals surface area contributed by atoms with Gasteiger partial charge in [0.15, 0.2) is 5.75 Å². The number of hydrogen-bond donors (Lipinski definition) is 2. The molecule has 0 aliphatic rings. The number of para-hydroxylation sites is 2. The molecule has 4 heteroatoms. The van der Waals surface area contributed by atoms with Gasteiger partial charge in [-0.3, -0.25) is 4.79 Å². The van der Waals surface area contributed by atoms with E-state index in [0.29, 0.717) is 11.4 Å². The Morgan fingerprint density at radius 2 is 2.17 bits per heavy atom. The zero-order chi connectivity index (χ0) is 8.97. The molecule has 0 saturated heterocycles. The van der Waals surface area contributed by atoms with Crippen LogP contribution < -0.4 is 10.5 Å². The van der Waals surface area contributed by atoms with Gasteiger partial charge in [0.1, 0.15) is 0 Å². The molecule has 1 aromatic carbocycles. The van der Waals surface area contributed by atoms with Crippen LogP contribution in [0, 0.1) is 0 Å². The molecular formula is C8H9NO2S. The molecule has 0 heterocycles. The van der Waals surface area contributed by atoms with Crippen LogP contribution in [0.2, 0.25) is 0 Å². The SMILES string of the molecule is Nc1ccccc1OC(=O)CS. The maximum atomic E-state index is 10.8. The first kappa shape index (κ1) is 8.93. The van der Waals surface area contributed by atoms with Crippen LogP contribution >= 0.6 is 12.6 Å². The summed E-state index contributed by atoms with van der Waals surface area (Å²) in [6, 6.07) is 6.82. The second-order valence-corrected chi connectivity index (χ2v) is 2.49. The third-order valence-corrected chi connectivity index (χ3v) is 1.53. The van der Waals surface area contributed by atoms with Crippen LogP contribution in [0.4, 0.5) is 5.69 Å². The minimum absolute atomic E-state index is 0.0499. The van der Waals surface area contributed by atoms with Crippen LogP contribution in [0.5, 0.6) is 5.75 Å². The summed E-state index contributed by atoms with van der Waals surface area (Å²) in [4.78, 5) is 10.8. The molecule has 0 fully saturated rings. The number of nitrogen functional groups attached to an aromatic ring is 1. The molecule has 0 radical (unpaired) electrons. The van der Waals surface area contributed by atoms with E-state index in [-0.39, 0.29) is 5.75 Å². The number of benzene rings is 1. The van der Waals surface area contributed by atoms with Gasteiger partial charge >= 0.3 is 5.97 Å². The van der Waals surface area contributed by atoms with Gasteiger partial charge in [0, 0.05) is 0 Å². The zero-order valence-corrected chi connectivity index (χ0v) is 7.25. The van der Waals surface area contributed by atoms with E-state index in [1.54, 1.807) is 24.3 Å². The average Bonchev–Trinajstić information content (AvgIpc) is 2.09. The van der Waals surface area contributed by atoms with E-state index in [1.165, 1.54) is 0 Å². The Labute approximate surface area is 75.9 Å². The quantitative estimate of drug-likeness (QED) is 0.312. The summed E-state index contributed by atoms with van der Waals surface area (Å²) in [5.41, 5.74) is 5.97.